The Morgan fingerprint density at radius 3 is 2.64 bits per heavy atom. The number of hydrogen-bond acceptors (Lipinski definition) is 7. The molecule has 9 nitrogen and oxygen atoms in total. The Labute approximate surface area is 213 Å². The van der Waals surface area contributed by atoms with Gasteiger partial charge in [-0.05, 0) is 42.9 Å². The minimum atomic E-state index is -0.319. The summed E-state index contributed by atoms with van der Waals surface area (Å²) in [5.74, 6) is 1.83. The molecule has 5 rings (SSSR count). The van der Waals surface area contributed by atoms with Gasteiger partial charge in [0.2, 0.25) is 5.91 Å². The van der Waals surface area contributed by atoms with Crippen molar-refractivity contribution >= 4 is 33.4 Å². The largest absolute Gasteiger partial charge is 0.486 e. The normalized spacial score (nSPS) is 21.4. The molecule has 1 aromatic carbocycles. The molecule has 1 fully saturated rings. The molecule has 2 amide bonds. The van der Waals surface area contributed by atoms with Gasteiger partial charge >= 0.3 is 0 Å². The zero-order chi connectivity index (χ0) is 25.4. The summed E-state index contributed by atoms with van der Waals surface area (Å²) >= 11 is 1.17. The number of aryl methyl sites for hydroxylation is 1. The first-order chi connectivity index (χ1) is 17.3. The minimum Gasteiger partial charge on any atom is -0.486 e. The van der Waals surface area contributed by atoms with E-state index in [-0.39, 0.29) is 36.6 Å². The van der Waals surface area contributed by atoms with E-state index in [2.05, 4.69) is 24.1 Å². The van der Waals surface area contributed by atoms with Gasteiger partial charge < -0.3 is 19.7 Å². The quantitative estimate of drug-likeness (QED) is 0.566. The summed E-state index contributed by atoms with van der Waals surface area (Å²) in [4.78, 5) is 46.3. The number of thiophene rings is 1. The predicted octanol–water partition coefficient (Wildman–Crippen LogP) is 2.84. The highest BCUT2D eigenvalue weighted by atomic mass is 32.1. The topological polar surface area (TPSA) is 103 Å². The van der Waals surface area contributed by atoms with E-state index in [9.17, 15) is 14.4 Å². The van der Waals surface area contributed by atoms with E-state index in [1.54, 1.807) is 6.92 Å². The van der Waals surface area contributed by atoms with Crippen molar-refractivity contribution in [2.75, 3.05) is 26.2 Å². The number of carbonyl (C=O) groups is 2. The maximum Gasteiger partial charge on any atom is 0.262 e. The summed E-state index contributed by atoms with van der Waals surface area (Å²) in [5.41, 5.74) is 0.262. The molecule has 2 aliphatic rings. The number of rotatable bonds is 5. The number of piperidine rings is 1. The fourth-order valence-electron chi connectivity index (χ4n) is 5.05. The van der Waals surface area contributed by atoms with Crippen LogP contribution in [-0.2, 0) is 11.3 Å². The molecule has 0 spiro atoms. The second-order valence-electron chi connectivity index (χ2n) is 9.87. The highest BCUT2D eigenvalue weighted by Gasteiger charge is 2.27. The molecule has 4 heterocycles. The molecule has 10 heteroatoms. The molecule has 36 heavy (non-hydrogen) atoms. The van der Waals surface area contributed by atoms with Gasteiger partial charge in [-0.25, -0.2) is 4.98 Å². The van der Waals surface area contributed by atoms with E-state index in [1.165, 1.54) is 22.2 Å². The molecule has 0 aliphatic carbocycles. The number of fused-ring (bicyclic) bond motifs is 2. The van der Waals surface area contributed by atoms with E-state index < -0.39 is 0 Å². The number of nitrogens with zero attached hydrogens (tertiary/aromatic N) is 3. The fraction of sp³-hybridized carbons (Fsp3) is 0.462. The Hall–Kier alpha value is -3.40. The third-order valence-electron chi connectivity index (χ3n) is 6.71. The van der Waals surface area contributed by atoms with Crippen LogP contribution in [0.25, 0.3) is 10.2 Å². The Balaban J connectivity index is 1.28. The van der Waals surface area contributed by atoms with Gasteiger partial charge in [-0.15, -0.1) is 11.3 Å². The first-order valence-electron chi connectivity index (χ1n) is 12.2. The minimum absolute atomic E-state index is 0.0570. The van der Waals surface area contributed by atoms with Gasteiger partial charge in [-0.2, -0.15) is 0 Å². The number of amides is 2. The van der Waals surface area contributed by atoms with E-state index in [1.807, 2.05) is 29.2 Å². The molecule has 0 radical (unpaired) electrons. The van der Waals surface area contributed by atoms with Crippen LogP contribution >= 0.6 is 11.3 Å². The van der Waals surface area contributed by atoms with Crippen molar-refractivity contribution in [2.45, 2.75) is 39.8 Å². The smallest absolute Gasteiger partial charge is 0.262 e. The van der Waals surface area contributed by atoms with Crippen LogP contribution in [0.3, 0.4) is 0 Å². The van der Waals surface area contributed by atoms with Gasteiger partial charge in [0.05, 0.1) is 23.1 Å². The Kier molecular flexibility index (Phi) is 6.70. The zero-order valence-electron chi connectivity index (χ0n) is 20.7. The summed E-state index contributed by atoms with van der Waals surface area (Å²) in [6.45, 7) is 7.98. The molecule has 0 bridgehead atoms. The molecule has 0 saturated carbocycles. The molecule has 2 aromatic heterocycles. The van der Waals surface area contributed by atoms with Crippen molar-refractivity contribution in [1.29, 1.82) is 0 Å². The first-order valence-corrected chi connectivity index (χ1v) is 13.0. The molecule has 3 aromatic rings. The number of benzene rings is 1. The maximum absolute atomic E-state index is 13.2. The van der Waals surface area contributed by atoms with Crippen LogP contribution in [-0.4, -0.2) is 58.6 Å². The number of aromatic nitrogens is 2. The van der Waals surface area contributed by atoms with Gasteiger partial charge in [-0.3, -0.25) is 19.0 Å². The zero-order valence-corrected chi connectivity index (χ0v) is 21.5. The van der Waals surface area contributed by atoms with E-state index in [0.29, 0.717) is 63.7 Å². The van der Waals surface area contributed by atoms with Crippen LogP contribution in [0.4, 0.5) is 0 Å². The number of hydrogen-bond donors (Lipinski definition) is 1. The van der Waals surface area contributed by atoms with Crippen LogP contribution in [0.2, 0.25) is 0 Å². The Bertz CT molecular complexity index is 1360. The van der Waals surface area contributed by atoms with Gasteiger partial charge in [0, 0.05) is 13.1 Å². The lowest BCUT2D eigenvalue weighted by atomic mass is 9.92. The highest BCUT2D eigenvalue weighted by molar-refractivity contribution is 7.20. The lowest BCUT2D eigenvalue weighted by Gasteiger charge is -2.35. The summed E-state index contributed by atoms with van der Waals surface area (Å²) in [6, 6.07) is 7.41. The predicted molar refractivity (Wildman–Crippen MR) is 137 cm³/mol. The van der Waals surface area contributed by atoms with Crippen molar-refractivity contribution < 1.29 is 19.1 Å². The average molecular weight is 511 g/mol. The molecule has 2 aliphatic heterocycles. The number of carbonyl (C=O) groups excluding carboxylic acids is 2. The van der Waals surface area contributed by atoms with Gasteiger partial charge in [0.15, 0.2) is 11.5 Å². The van der Waals surface area contributed by atoms with Crippen molar-refractivity contribution in [1.82, 2.24) is 19.8 Å². The summed E-state index contributed by atoms with van der Waals surface area (Å²) in [7, 11) is 0. The molecule has 190 valence electrons. The molecular weight excluding hydrogens is 480 g/mol. The van der Waals surface area contributed by atoms with Crippen molar-refractivity contribution in [3.63, 3.8) is 0 Å². The standard InChI is InChI=1S/C26H30N4O5S/c1-15-8-16(2)11-29(10-15)21(31)12-30-14-28-25-22(26(30)33)17(3)23(36-25)24(32)27-9-18-13-34-19-6-4-5-7-20(19)35-18/h4-7,14-16,18H,8-13H2,1-3H3,(H,27,32)/t15-,16+,18-/m0/s1. The van der Waals surface area contributed by atoms with Crippen LogP contribution < -0.4 is 20.3 Å². The summed E-state index contributed by atoms with van der Waals surface area (Å²) in [5, 5.41) is 3.27. The summed E-state index contributed by atoms with van der Waals surface area (Å²) in [6.07, 6.45) is 2.19. The van der Waals surface area contributed by atoms with E-state index in [4.69, 9.17) is 9.47 Å². The first kappa shape index (κ1) is 24.3. The van der Waals surface area contributed by atoms with Crippen LogP contribution in [0.5, 0.6) is 11.5 Å². The van der Waals surface area contributed by atoms with Crippen LogP contribution in [0.1, 0.15) is 35.5 Å². The number of ether oxygens (including phenoxy) is 2. The molecule has 0 unspecified atom stereocenters. The van der Waals surface area contributed by atoms with Crippen molar-refractivity contribution in [2.24, 2.45) is 11.8 Å². The number of para-hydroxylation sites is 2. The molecule has 1 N–H and O–H groups in total. The van der Waals surface area contributed by atoms with Crippen molar-refractivity contribution in [3.8, 4) is 11.5 Å². The fourth-order valence-corrected chi connectivity index (χ4v) is 6.11. The monoisotopic (exact) mass is 510 g/mol. The molecule has 1 saturated heterocycles. The Morgan fingerprint density at radius 1 is 1.17 bits per heavy atom. The lowest BCUT2D eigenvalue weighted by molar-refractivity contribution is -0.134. The van der Waals surface area contributed by atoms with Crippen molar-refractivity contribution in [3.05, 3.63) is 51.4 Å². The number of likely N-dealkylation sites (tertiary alicyclic amines) is 1. The van der Waals surface area contributed by atoms with Gasteiger partial charge in [0.25, 0.3) is 11.5 Å². The number of nitrogens with one attached hydrogen (secondary N) is 1. The highest BCUT2D eigenvalue weighted by Crippen LogP contribution is 2.31. The van der Waals surface area contributed by atoms with Gasteiger partial charge in [-0.1, -0.05) is 26.0 Å². The summed E-state index contributed by atoms with van der Waals surface area (Å²) < 4.78 is 13.0. The van der Waals surface area contributed by atoms with Gasteiger partial charge in [0.1, 0.15) is 24.1 Å². The molecular formula is C26H30N4O5S. The van der Waals surface area contributed by atoms with E-state index >= 15 is 0 Å². The second kappa shape index (κ2) is 9.93. The van der Waals surface area contributed by atoms with E-state index in [0.717, 1.165) is 6.42 Å². The lowest BCUT2D eigenvalue weighted by Crippen LogP contribution is -2.44. The maximum atomic E-state index is 13.2. The third kappa shape index (κ3) is 4.82. The average Bonchev–Trinajstić information content (AvgIpc) is 3.20. The second-order valence-corrected chi connectivity index (χ2v) is 10.9. The third-order valence-corrected chi connectivity index (χ3v) is 7.91. The molecule has 3 atom stereocenters. The SMILES string of the molecule is Cc1c(C(=O)NC[C@H]2COc3ccccc3O2)sc2ncn(CC(=O)N3C[C@H](C)C[C@H](C)C3)c(=O)c12. The van der Waals surface area contributed by atoms with Crippen LogP contribution in [0.15, 0.2) is 35.4 Å². The Morgan fingerprint density at radius 2 is 1.89 bits per heavy atom. The van der Waals surface area contributed by atoms with Crippen LogP contribution in [0, 0.1) is 18.8 Å².